The smallest absolute Gasteiger partial charge is 0.0955 e. The molecule has 0 heterocycles. The van der Waals surface area contributed by atoms with Crippen LogP contribution in [0.1, 0.15) is 26.7 Å². The molecular weight excluding hydrogens is 152 g/mol. The third kappa shape index (κ3) is 5.13. The van der Waals surface area contributed by atoms with Gasteiger partial charge in [0.25, 0.3) is 0 Å². The summed E-state index contributed by atoms with van der Waals surface area (Å²) in [6.07, 6.45) is 1.90. The summed E-state index contributed by atoms with van der Waals surface area (Å²) in [5.41, 5.74) is 0. The van der Waals surface area contributed by atoms with E-state index in [9.17, 15) is 0 Å². The molecule has 0 bridgehead atoms. The average Bonchev–Trinajstić information content (AvgIpc) is 2.05. The standard InChI is InChI=1S/C9H20N2O/c1-4-6-9(10)11(3)7-8-12-5-2/h10H,4-8H2,1-3H3. The molecule has 0 amide bonds. The van der Waals surface area contributed by atoms with Crippen LogP contribution in [0, 0.1) is 5.41 Å². The summed E-state index contributed by atoms with van der Waals surface area (Å²) in [5.74, 6) is 0.706. The van der Waals surface area contributed by atoms with Crippen molar-refractivity contribution in [2.75, 3.05) is 26.8 Å². The molecule has 0 saturated heterocycles. The van der Waals surface area contributed by atoms with Crippen LogP contribution in [0.15, 0.2) is 0 Å². The summed E-state index contributed by atoms with van der Waals surface area (Å²) in [7, 11) is 1.94. The molecule has 12 heavy (non-hydrogen) atoms. The van der Waals surface area contributed by atoms with Crippen molar-refractivity contribution in [2.45, 2.75) is 26.7 Å². The molecule has 0 aliphatic rings. The minimum Gasteiger partial charge on any atom is -0.380 e. The highest BCUT2D eigenvalue weighted by Gasteiger charge is 2.01. The Hall–Kier alpha value is -0.570. The Morgan fingerprint density at radius 2 is 2.08 bits per heavy atom. The SMILES string of the molecule is CCCC(=N)N(C)CCOCC. The average molecular weight is 172 g/mol. The molecule has 0 atom stereocenters. The molecular formula is C9H20N2O. The third-order valence-electron chi connectivity index (χ3n) is 1.72. The van der Waals surface area contributed by atoms with Crippen molar-refractivity contribution in [2.24, 2.45) is 0 Å². The fraction of sp³-hybridized carbons (Fsp3) is 0.889. The van der Waals surface area contributed by atoms with Gasteiger partial charge in [0.1, 0.15) is 0 Å². The Bertz CT molecular complexity index is 126. The Labute approximate surface area is 75.2 Å². The van der Waals surface area contributed by atoms with Gasteiger partial charge in [-0.25, -0.2) is 0 Å². The van der Waals surface area contributed by atoms with Crippen LogP contribution in [0.3, 0.4) is 0 Å². The lowest BCUT2D eigenvalue weighted by Crippen LogP contribution is -2.29. The molecule has 0 fully saturated rings. The van der Waals surface area contributed by atoms with E-state index in [1.165, 1.54) is 0 Å². The number of ether oxygens (including phenoxy) is 1. The van der Waals surface area contributed by atoms with Crippen molar-refractivity contribution >= 4 is 5.84 Å². The lowest BCUT2D eigenvalue weighted by Gasteiger charge is -2.19. The number of likely N-dealkylation sites (N-methyl/N-ethyl adjacent to an activating group) is 1. The van der Waals surface area contributed by atoms with Crippen molar-refractivity contribution < 1.29 is 4.74 Å². The number of amidine groups is 1. The zero-order valence-corrected chi connectivity index (χ0v) is 8.39. The number of nitrogens with zero attached hydrogens (tertiary/aromatic N) is 1. The minimum absolute atomic E-state index is 0.706. The van der Waals surface area contributed by atoms with Crippen LogP contribution in [0.4, 0.5) is 0 Å². The molecule has 0 aromatic heterocycles. The van der Waals surface area contributed by atoms with E-state index in [1.807, 2.05) is 18.9 Å². The van der Waals surface area contributed by atoms with Crippen molar-refractivity contribution in [3.05, 3.63) is 0 Å². The van der Waals surface area contributed by atoms with Gasteiger partial charge < -0.3 is 9.64 Å². The highest BCUT2D eigenvalue weighted by atomic mass is 16.5. The molecule has 0 aliphatic heterocycles. The van der Waals surface area contributed by atoms with Crippen LogP contribution >= 0.6 is 0 Å². The van der Waals surface area contributed by atoms with E-state index in [-0.39, 0.29) is 0 Å². The maximum absolute atomic E-state index is 7.60. The minimum atomic E-state index is 0.706. The zero-order chi connectivity index (χ0) is 9.40. The van der Waals surface area contributed by atoms with E-state index in [4.69, 9.17) is 10.1 Å². The first-order valence-electron chi connectivity index (χ1n) is 4.58. The van der Waals surface area contributed by atoms with Crippen molar-refractivity contribution in [1.82, 2.24) is 4.90 Å². The molecule has 0 aromatic carbocycles. The normalized spacial score (nSPS) is 9.92. The van der Waals surface area contributed by atoms with Gasteiger partial charge in [-0.2, -0.15) is 0 Å². The van der Waals surface area contributed by atoms with E-state index in [2.05, 4.69) is 6.92 Å². The van der Waals surface area contributed by atoms with E-state index in [0.29, 0.717) is 5.84 Å². The lowest BCUT2D eigenvalue weighted by atomic mass is 10.3. The van der Waals surface area contributed by atoms with E-state index < -0.39 is 0 Å². The van der Waals surface area contributed by atoms with E-state index in [0.717, 1.165) is 32.6 Å². The second-order valence-corrected chi connectivity index (χ2v) is 2.82. The topological polar surface area (TPSA) is 36.3 Å². The Morgan fingerprint density at radius 1 is 1.42 bits per heavy atom. The highest BCUT2D eigenvalue weighted by molar-refractivity contribution is 5.78. The molecule has 0 spiro atoms. The first kappa shape index (κ1) is 11.4. The van der Waals surface area contributed by atoms with Crippen LogP contribution in [0.25, 0.3) is 0 Å². The number of rotatable bonds is 6. The van der Waals surface area contributed by atoms with Crippen LogP contribution < -0.4 is 0 Å². The molecule has 0 saturated carbocycles. The van der Waals surface area contributed by atoms with Gasteiger partial charge in [-0.3, -0.25) is 5.41 Å². The molecule has 0 rings (SSSR count). The number of hydrogen-bond donors (Lipinski definition) is 1. The van der Waals surface area contributed by atoms with Crippen molar-refractivity contribution in [1.29, 1.82) is 5.41 Å². The largest absolute Gasteiger partial charge is 0.380 e. The van der Waals surface area contributed by atoms with Gasteiger partial charge in [-0.1, -0.05) is 6.92 Å². The summed E-state index contributed by atoms with van der Waals surface area (Å²) >= 11 is 0. The molecule has 3 heteroatoms. The van der Waals surface area contributed by atoms with E-state index in [1.54, 1.807) is 0 Å². The van der Waals surface area contributed by atoms with Gasteiger partial charge in [0.15, 0.2) is 0 Å². The maximum Gasteiger partial charge on any atom is 0.0955 e. The molecule has 3 nitrogen and oxygen atoms in total. The lowest BCUT2D eigenvalue weighted by molar-refractivity contribution is 0.136. The monoisotopic (exact) mass is 172 g/mol. The first-order chi connectivity index (χ1) is 5.72. The highest BCUT2D eigenvalue weighted by Crippen LogP contribution is 1.94. The second kappa shape index (κ2) is 7.10. The van der Waals surface area contributed by atoms with E-state index >= 15 is 0 Å². The number of nitrogens with one attached hydrogen (secondary N) is 1. The van der Waals surface area contributed by atoms with Crippen LogP contribution in [-0.2, 0) is 4.74 Å². The summed E-state index contributed by atoms with van der Waals surface area (Å²) in [6.45, 7) is 6.38. The molecule has 72 valence electrons. The zero-order valence-electron chi connectivity index (χ0n) is 8.39. The van der Waals surface area contributed by atoms with Gasteiger partial charge in [0.05, 0.1) is 12.4 Å². The van der Waals surface area contributed by atoms with Crippen molar-refractivity contribution in [3.63, 3.8) is 0 Å². The Morgan fingerprint density at radius 3 is 2.58 bits per heavy atom. The predicted molar refractivity (Wildman–Crippen MR) is 51.8 cm³/mol. The molecule has 0 aliphatic carbocycles. The Balaban J connectivity index is 3.42. The van der Waals surface area contributed by atoms with Crippen LogP contribution in [-0.4, -0.2) is 37.5 Å². The third-order valence-corrected chi connectivity index (χ3v) is 1.72. The van der Waals surface area contributed by atoms with Crippen molar-refractivity contribution in [3.8, 4) is 0 Å². The number of hydrogen-bond acceptors (Lipinski definition) is 2. The first-order valence-corrected chi connectivity index (χ1v) is 4.58. The van der Waals surface area contributed by atoms with Crippen LogP contribution in [0.2, 0.25) is 0 Å². The Kier molecular flexibility index (Phi) is 6.76. The summed E-state index contributed by atoms with van der Waals surface area (Å²) in [4.78, 5) is 1.94. The quantitative estimate of drug-likeness (QED) is 0.376. The fourth-order valence-electron chi connectivity index (χ4n) is 0.908. The van der Waals surface area contributed by atoms with Gasteiger partial charge in [-0.15, -0.1) is 0 Å². The summed E-state index contributed by atoms with van der Waals surface area (Å²) < 4.78 is 5.19. The molecule has 0 radical (unpaired) electrons. The van der Waals surface area contributed by atoms with Crippen LogP contribution in [0.5, 0.6) is 0 Å². The predicted octanol–water partition coefficient (Wildman–Crippen LogP) is 1.73. The maximum atomic E-state index is 7.60. The van der Waals surface area contributed by atoms with Gasteiger partial charge >= 0.3 is 0 Å². The van der Waals surface area contributed by atoms with Gasteiger partial charge in [-0.05, 0) is 13.3 Å². The van der Waals surface area contributed by atoms with Gasteiger partial charge in [0.2, 0.25) is 0 Å². The fourth-order valence-corrected chi connectivity index (χ4v) is 0.908. The molecule has 0 aromatic rings. The molecule has 1 N–H and O–H groups in total. The molecule has 0 unspecified atom stereocenters. The summed E-state index contributed by atoms with van der Waals surface area (Å²) in [5, 5.41) is 7.60. The van der Waals surface area contributed by atoms with Gasteiger partial charge in [0, 0.05) is 26.6 Å². The summed E-state index contributed by atoms with van der Waals surface area (Å²) in [6, 6.07) is 0. The second-order valence-electron chi connectivity index (χ2n) is 2.82.